The smallest absolute Gasteiger partial charge is 0.302 e. The third-order valence-electron chi connectivity index (χ3n) is 1.32. The molecule has 1 aromatic heterocycles. The van der Waals surface area contributed by atoms with Crippen molar-refractivity contribution in [3.05, 3.63) is 18.1 Å². The molecule has 0 saturated heterocycles. The summed E-state index contributed by atoms with van der Waals surface area (Å²) in [6, 6.07) is 1.44. The van der Waals surface area contributed by atoms with Crippen LogP contribution in [-0.2, 0) is 10.0 Å². The molecule has 0 aliphatic heterocycles. The third-order valence-corrected chi connectivity index (χ3v) is 1.88. The van der Waals surface area contributed by atoms with E-state index in [9.17, 15) is 13.2 Å². The summed E-state index contributed by atoms with van der Waals surface area (Å²) in [5.41, 5.74) is 0. The molecule has 0 bridgehead atoms. The lowest BCUT2D eigenvalue weighted by Gasteiger charge is -2.02. The van der Waals surface area contributed by atoms with E-state index in [4.69, 9.17) is 4.74 Å². The van der Waals surface area contributed by atoms with E-state index >= 15 is 0 Å². The number of sulfonamides is 1. The van der Waals surface area contributed by atoms with E-state index < -0.39 is 15.9 Å². The van der Waals surface area contributed by atoms with Crippen molar-refractivity contribution in [1.82, 2.24) is 14.7 Å². The Bertz CT molecular complexity index is 471. The Labute approximate surface area is 86.6 Å². The van der Waals surface area contributed by atoms with E-state index in [1.807, 2.05) is 0 Å². The molecule has 82 valence electrons. The molecule has 1 heterocycles. The van der Waals surface area contributed by atoms with Crippen LogP contribution < -0.4 is 9.46 Å². The fourth-order valence-corrected chi connectivity index (χ4v) is 1.21. The first-order chi connectivity index (χ1) is 6.92. The van der Waals surface area contributed by atoms with Gasteiger partial charge in [0.25, 0.3) is 0 Å². The van der Waals surface area contributed by atoms with Gasteiger partial charge in [-0.15, -0.1) is 0 Å². The summed E-state index contributed by atoms with van der Waals surface area (Å²) in [5.74, 6) is -0.972. The Hall–Kier alpha value is -1.70. The SMILES string of the molecule is COc1ccnc(C(=O)NS(C)(=O)=O)n1. The van der Waals surface area contributed by atoms with Gasteiger partial charge in [-0.2, -0.15) is 4.98 Å². The summed E-state index contributed by atoms with van der Waals surface area (Å²) in [5, 5.41) is 0. The Balaban J connectivity index is 2.92. The molecule has 1 N–H and O–H groups in total. The maximum Gasteiger partial charge on any atom is 0.302 e. The van der Waals surface area contributed by atoms with E-state index in [2.05, 4.69) is 9.97 Å². The zero-order valence-corrected chi connectivity index (χ0v) is 8.91. The van der Waals surface area contributed by atoms with Gasteiger partial charge in [0.15, 0.2) is 0 Å². The zero-order valence-electron chi connectivity index (χ0n) is 8.09. The zero-order chi connectivity index (χ0) is 11.5. The first-order valence-electron chi connectivity index (χ1n) is 3.81. The van der Waals surface area contributed by atoms with Gasteiger partial charge in [0.2, 0.25) is 21.7 Å². The van der Waals surface area contributed by atoms with E-state index in [0.717, 1.165) is 6.26 Å². The molecule has 0 atom stereocenters. The monoisotopic (exact) mass is 231 g/mol. The summed E-state index contributed by atoms with van der Waals surface area (Å²) in [6.45, 7) is 0. The molecular formula is C7H9N3O4S. The van der Waals surface area contributed by atoms with Crippen LogP contribution in [0, 0.1) is 0 Å². The van der Waals surface area contributed by atoms with Crippen molar-refractivity contribution in [2.45, 2.75) is 0 Å². The fourth-order valence-electron chi connectivity index (χ4n) is 0.779. The van der Waals surface area contributed by atoms with Crippen LogP contribution in [0.15, 0.2) is 12.3 Å². The molecule has 0 saturated carbocycles. The average Bonchev–Trinajstić information content (AvgIpc) is 2.15. The number of ether oxygens (including phenoxy) is 1. The van der Waals surface area contributed by atoms with E-state index in [1.54, 1.807) is 4.72 Å². The van der Waals surface area contributed by atoms with Crippen molar-refractivity contribution in [1.29, 1.82) is 0 Å². The lowest BCUT2D eigenvalue weighted by molar-refractivity contribution is 0.0970. The van der Waals surface area contributed by atoms with Gasteiger partial charge in [0, 0.05) is 12.3 Å². The van der Waals surface area contributed by atoms with Gasteiger partial charge in [-0.1, -0.05) is 0 Å². The Morgan fingerprint density at radius 3 is 2.73 bits per heavy atom. The fraction of sp³-hybridized carbons (Fsp3) is 0.286. The van der Waals surface area contributed by atoms with Crippen molar-refractivity contribution in [2.24, 2.45) is 0 Å². The molecule has 1 amide bonds. The highest BCUT2D eigenvalue weighted by molar-refractivity contribution is 7.89. The molecule has 0 aliphatic carbocycles. The second kappa shape index (κ2) is 4.22. The van der Waals surface area contributed by atoms with Crippen molar-refractivity contribution in [3.63, 3.8) is 0 Å². The molecule has 1 aromatic rings. The topological polar surface area (TPSA) is 98.2 Å². The van der Waals surface area contributed by atoms with E-state index in [0.29, 0.717) is 0 Å². The van der Waals surface area contributed by atoms with Crippen LogP contribution in [-0.4, -0.2) is 37.7 Å². The minimum Gasteiger partial charge on any atom is -0.481 e. The molecule has 0 aliphatic rings. The number of rotatable bonds is 3. The lowest BCUT2D eigenvalue weighted by atomic mass is 10.5. The second-order valence-electron chi connectivity index (χ2n) is 2.63. The van der Waals surface area contributed by atoms with Gasteiger partial charge >= 0.3 is 5.91 Å². The minimum absolute atomic E-state index is 0.184. The number of nitrogens with zero attached hydrogens (tertiary/aromatic N) is 2. The summed E-state index contributed by atoms with van der Waals surface area (Å²) in [6.07, 6.45) is 2.16. The molecule has 0 fully saturated rings. The van der Waals surface area contributed by atoms with Crippen LogP contribution in [0.1, 0.15) is 10.6 Å². The number of methoxy groups -OCH3 is 1. The van der Waals surface area contributed by atoms with Crippen LogP contribution in [0.4, 0.5) is 0 Å². The van der Waals surface area contributed by atoms with Gasteiger partial charge < -0.3 is 4.74 Å². The molecule has 8 heteroatoms. The summed E-state index contributed by atoms with van der Waals surface area (Å²) >= 11 is 0. The Morgan fingerprint density at radius 1 is 1.53 bits per heavy atom. The highest BCUT2D eigenvalue weighted by Crippen LogP contribution is 2.03. The first kappa shape index (κ1) is 11.4. The third kappa shape index (κ3) is 3.50. The standard InChI is InChI=1S/C7H9N3O4S/c1-14-5-3-4-8-6(9-5)7(11)10-15(2,12)13/h3-4H,1-2H3,(H,10,11). The molecule has 0 aromatic carbocycles. The maximum atomic E-state index is 11.3. The summed E-state index contributed by atoms with van der Waals surface area (Å²) < 4.78 is 28.0. The maximum absolute atomic E-state index is 11.3. The molecule has 15 heavy (non-hydrogen) atoms. The Kier molecular flexibility index (Phi) is 3.20. The highest BCUT2D eigenvalue weighted by atomic mass is 32.2. The Morgan fingerprint density at radius 2 is 2.20 bits per heavy atom. The molecule has 7 nitrogen and oxygen atoms in total. The van der Waals surface area contributed by atoms with Gasteiger partial charge in [0.05, 0.1) is 13.4 Å². The molecule has 0 spiro atoms. The molecule has 0 radical (unpaired) electrons. The van der Waals surface area contributed by atoms with Gasteiger partial charge in [-0.25, -0.2) is 18.1 Å². The van der Waals surface area contributed by atoms with Crippen molar-refractivity contribution in [2.75, 3.05) is 13.4 Å². The molecular weight excluding hydrogens is 222 g/mol. The average molecular weight is 231 g/mol. The predicted molar refractivity (Wildman–Crippen MR) is 50.9 cm³/mol. The largest absolute Gasteiger partial charge is 0.481 e. The van der Waals surface area contributed by atoms with Crippen LogP contribution in [0.3, 0.4) is 0 Å². The van der Waals surface area contributed by atoms with Gasteiger partial charge in [-0.3, -0.25) is 4.79 Å². The number of hydrogen-bond acceptors (Lipinski definition) is 6. The van der Waals surface area contributed by atoms with Crippen LogP contribution >= 0.6 is 0 Å². The van der Waals surface area contributed by atoms with Crippen molar-refractivity contribution in [3.8, 4) is 5.88 Å². The first-order valence-corrected chi connectivity index (χ1v) is 5.70. The summed E-state index contributed by atoms with van der Waals surface area (Å²) in [7, 11) is -2.24. The number of carbonyl (C=O) groups is 1. The van der Waals surface area contributed by atoms with Crippen LogP contribution in [0.25, 0.3) is 0 Å². The number of aromatic nitrogens is 2. The highest BCUT2D eigenvalue weighted by Gasteiger charge is 2.14. The molecule has 1 rings (SSSR count). The van der Waals surface area contributed by atoms with Gasteiger partial charge in [-0.05, 0) is 0 Å². The van der Waals surface area contributed by atoms with E-state index in [-0.39, 0.29) is 11.7 Å². The normalized spacial score (nSPS) is 10.8. The lowest BCUT2D eigenvalue weighted by Crippen LogP contribution is -2.30. The summed E-state index contributed by atoms with van der Waals surface area (Å²) in [4.78, 5) is 18.5. The van der Waals surface area contributed by atoms with Gasteiger partial charge in [0.1, 0.15) is 0 Å². The second-order valence-corrected chi connectivity index (χ2v) is 4.37. The quantitative estimate of drug-likeness (QED) is 0.729. The number of amides is 1. The minimum atomic E-state index is -3.61. The number of hydrogen-bond donors (Lipinski definition) is 1. The van der Waals surface area contributed by atoms with Crippen molar-refractivity contribution < 1.29 is 17.9 Å². The van der Waals surface area contributed by atoms with Crippen LogP contribution in [0.5, 0.6) is 5.88 Å². The van der Waals surface area contributed by atoms with E-state index in [1.165, 1.54) is 19.4 Å². The predicted octanol–water partition coefficient (Wildman–Crippen LogP) is -0.825. The molecule has 0 unspecified atom stereocenters. The van der Waals surface area contributed by atoms with Crippen LogP contribution in [0.2, 0.25) is 0 Å². The number of carbonyl (C=O) groups excluding carboxylic acids is 1. The number of nitrogens with one attached hydrogen (secondary N) is 1. The van der Waals surface area contributed by atoms with Crippen molar-refractivity contribution >= 4 is 15.9 Å².